The number of halogens is 2. The van der Waals surface area contributed by atoms with Gasteiger partial charge < -0.3 is 25.3 Å². The number of likely N-dealkylation sites (tertiary alicyclic amines) is 2. The van der Waals surface area contributed by atoms with Gasteiger partial charge >= 0.3 is 0 Å². The van der Waals surface area contributed by atoms with Gasteiger partial charge in [-0.05, 0) is 139 Å². The third-order valence-corrected chi connectivity index (χ3v) is 17.4. The monoisotopic (exact) mass is 998 g/mol. The van der Waals surface area contributed by atoms with Crippen molar-refractivity contribution in [2.45, 2.75) is 154 Å². The Balaban J connectivity index is 0.000000203. The molecule has 4 bridgehead atoms. The van der Waals surface area contributed by atoms with E-state index in [0.29, 0.717) is 92.4 Å². The van der Waals surface area contributed by atoms with E-state index in [-0.39, 0.29) is 41.5 Å². The fraction of sp³-hybridized carbons (Fsp3) is 0.686. The minimum Gasteiger partial charge on any atom is -0.343 e. The predicted octanol–water partition coefficient (Wildman–Crippen LogP) is 6.76. The van der Waals surface area contributed by atoms with Crippen LogP contribution in [-0.4, -0.2) is 147 Å². The molecule has 6 saturated heterocycles. The number of rotatable bonds is 14. The summed E-state index contributed by atoms with van der Waals surface area (Å²) in [5, 5.41) is 1.34. The molecule has 14 nitrogen and oxygen atoms in total. The zero-order valence-corrected chi connectivity index (χ0v) is 43.3. The van der Waals surface area contributed by atoms with Crippen LogP contribution in [0.3, 0.4) is 0 Å². The highest BCUT2D eigenvalue weighted by atomic mass is 35.5. The lowest BCUT2D eigenvalue weighted by molar-refractivity contribution is -0.133. The van der Waals surface area contributed by atoms with Crippen molar-refractivity contribution in [3.63, 3.8) is 0 Å². The second-order valence-corrected chi connectivity index (χ2v) is 23.2. The van der Waals surface area contributed by atoms with Gasteiger partial charge in [0.25, 0.3) is 0 Å². The van der Waals surface area contributed by atoms with Crippen molar-refractivity contribution < 1.29 is 27.6 Å². The van der Waals surface area contributed by atoms with Crippen LogP contribution in [0.1, 0.15) is 115 Å². The molecular weight excluding hydrogens is 924 g/mol. The minimum absolute atomic E-state index is 0.0161. The predicted molar refractivity (Wildman–Crippen MR) is 272 cm³/mol. The number of sulfonamides is 1. The van der Waals surface area contributed by atoms with E-state index in [0.717, 1.165) is 99.8 Å². The number of fused-ring (bicyclic) bond motifs is 4. The van der Waals surface area contributed by atoms with Crippen LogP contribution in [0.25, 0.3) is 0 Å². The number of hydrogen-bond donors (Lipinski definition) is 2. The van der Waals surface area contributed by atoms with Gasteiger partial charge in [0.2, 0.25) is 33.7 Å². The molecule has 2 aromatic carbocycles. The van der Waals surface area contributed by atoms with Gasteiger partial charge in [0, 0.05) is 136 Å². The van der Waals surface area contributed by atoms with E-state index in [1.54, 1.807) is 13.8 Å². The van der Waals surface area contributed by atoms with Gasteiger partial charge in [0.1, 0.15) is 0 Å². The van der Waals surface area contributed by atoms with Crippen LogP contribution >= 0.6 is 23.2 Å². The summed E-state index contributed by atoms with van der Waals surface area (Å²) in [7, 11) is -3.20. The largest absolute Gasteiger partial charge is 0.343 e. The quantitative estimate of drug-likeness (QED) is 0.209. The Morgan fingerprint density at radius 3 is 1.34 bits per heavy atom. The lowest BCUT2D eigenvalue weighted by atomic mass is 9.94. The molecule has 0 aliphatic carbocycles. The first-order valence-electron chi connectivity index (χ1n) is 25.3. The van der Waals surface area contributed by atoms with Gasteiger partial charge in [-0.2, -0.15) is 0 Å². The average molecular weight is 1000 g/mol. The highest BCUT2D eigenvalue weighted by molar-refractivity contribution is 7.88. The molecule has 3 N–H and O–H groups in total. The van der Waals surface area contributed by atoms with E-state index in [2.05, 4.69) is 14.5 Å². The fourth-order valence-corrected chi connectivity index (χ4v) is 13.2. The molecule has 0 saturated carbocycles. The van der Waals surface area contributed by atoms with Gasteiger partial charge in [-0.1, -0.05) is 35.3 Å². The zero-order chi connectivity index (χ0) is 48.9. The van der Waals surface area contributed by atoms with Gasteiger partial charge in [0.15, 0.2) is 0 Å². The van der Waals surface area contributed by atoms with Crippen LogP contribution < -0.4 is 20.3 Å². The molecule has 2 aromatic rings. The minimum atomic E-state index is -3.20. The number of benzene rings is 2. The molecule has 6 aliphatic rings. The summed E-state index contributed by atoms with van der Waals surface area (Å²) >= 11 is 12.8. The second kappa shape index (κ2) is 23.3. The van der Waals surface area contributed by atoms with Crippen molar-refractivity contribution in [3.8, 4) is 0 Å². The number of carbonyl (C=O) groups is 4. The molecule has 4 atom stereocenters. The van der Waals surface area contributed by atoms with Crippen molar-refractivity contribution in [2.75, 3.05) is 68.4 Å². The van der Waals surface area contributed by atoms with Crippen LogP contribution in [0.4, 0.5) is 11.4 Å². The second-order valence-electron chi connectivity index (χ2n) is 20.6. The van der Waals surface area contributed by atoms with E-state index in [9.17, 15) is 27.6 Å². The zero-order valence-electron chi connectivity index (χ0n) is 41.0. The van der Waals surface area contributed by atoms with Crippen LogP contribution in [0, 0.1) is 25.7 Å². The molecule has 4 amide bonds. The van der Waals surface area contributed by atoms with Crippen LogP contribution in [-0.2, 0) is 29.2 Å². The number of aryl methyl sites for hydroxylation is 2. The van der Waals surface area contributed by atoms with Crippen molar-refractivity contribution in [3.05, 3.63) is 57.6 Å². The summed E-state index contributed by atoms with van der Waals surface area (Å²) in [6, 6.07) is 14.1. The number of hydrogen-bond acceptors (Lipinski definition) is 9. The van der Waals surface area contributed by atoms with Crippen molar-refractivity contribution >= 4 is 68.2 Å². The van der Waals surface area contributed by atoms with Gasteiger partial charge in [-0.15, -0.1) is 0 Å². The number of anilines is 2. The van der Waals surface area contributed by atoms with E-state index in [1.807, 2.05) is 69.8 Å². The third kappa shape index (κ3) is 13.3. The molecule has 17 heteroatoms. The number of nitrogens with zero attached hydrogens (tertiary/aromatic N) is 6. The molecule has 6 fully saturated rings. The molecule has 0 aromatic heterocycles. The third-order valence-electron chi connectivity index (χ3n) is 15.8. The smallest absolute Gasteiger partial charge is 0.230 e. The van der Waals surface area contributed by atoms with E-state index in [4.69, 9.17) is 28.9 Å². The molecule has 6 heterocycles. The molecular formula is C51H76Cl2N8O6S. The Morgan fingerprint density at radius 1 is 0.632 bits per heavy atom. The van der Waals surface area contributed by atoms with Gasteiger partial charge in [0.05, 0.1) is 6.26 Å². The number of nitrogens with one attached hydrogen (secondary N) is 1. The summed E-state index contributed by atoms with van der Waals surface area (Å²) < 4.78 is 26.2. The summed E-state index contributed by atoms with van der Waals surface area (Å²) in [6.45, 7) is 12.8. The summed E-state index contributed by atoms with van der Waals surface area (Å²) in [5.41, 5.74) is 9.92. The summed E-state index contributed by atoms with van der Waals surface area (Å²) in [5.74, 6) is 0.278. The molecule has 4 unspecified atom stereocenters. The van der Waals surface area contributed by atoms with Crippen LogP contribution in [0.15, 0.2) is 36.4 Å². The van der Waals surface area contributed by atoms with E-state index < -0.39 is 10.0 Å². The Labute approximate surface area is 415 Å². The average Bonchev–Trinajstić information content (AvgIpc) is 3.68. The van der Waals surface area contributed by atoms with Crippen LogP contribution in [0.2, 0.25) is 10.0 Å². The Bertz CT molecular complexity index is 2190. The fourth-order valence-electron chi connectivity index (χ4n) is 12.1. The Hall–Kier alpha value is -3.31. The lowest BCUT2D eigenvalue weighted by Crippen LogP contribution is -2.51. The Morgan fingerprint density at radius 2 is 1.00 bits per heavy atom. The maximum Gasteiger partial charge on any atom is 0.230 e. The number of nitrogens with two attached hydrogens (primary N) is 1. The SMILES string of the molecule is CC(=O)N1CCC(C(=O)N(CCCN2C3CCC2CC(N)C3)c2ccc(C)c(Cl)c2)CC1.CC(=O)N1CCC(C(=O)N(CCCN2C3CCC2CC(NS(C)(=O)=O)C3)c2ccc(C)c(Cl)c2)CC1. The number of carbonyl (C=O) groups excluding carboxylic acids is 4. The molecule has 0 radical (unpaired) electrons. The normalized spacial score (nSPS) is 25.8. The van der Waals surface area contributed by atoms with Crippen molar-refractivity contribution in [1.29, 1.82) is 0 Å². The first-order chi connectivity index (χ1) is 32.3. The maximum absolute atomic E-state index is 13.7. The van der Waals surface area contributed by atoms with Gasteiger partial charge in [-0.25, -0.2) is 13.1 Å². The number of amides is 4. The molecule has 0 spiro atoms. The highest BCUT2D eigenvalue weighted by Crippen LogP contribution is 2.38. The molecule has 68 heavy (non-hydrogen) atoms. The van der Waals surface area contributed by atoms with Crippen LogP contribution in [0.5, 0.6) is 0 Å². The Kier molecular flexibility index (Phi) is 18.0. The first kappa shape index (κ1) is 52.5. The van der Waals surface area contributed by atoms with E-state index >= 15 is 0 Å². The number of piperidine rings is 4. The highest BCUT2D eigenvalue weighted by Gasteiger charge is 2.42. The van der Waals surface area contributed by atoms with Crippen molar-refractivity contribution in [2.24, 2.45) is 17.6 Å². The molecule has 376 valence electrons. The summed E-state index contributed by atoms with van der Waals surface area (Å²) in [4.78, 5) is 63.3. The standard InChI is InChI=1S/C26H39ClN4O4S.C25H37ClN4O2/c1-18-5-6-24(17-25(18)27)31(26(33)20-9-13-29(14-10-20)19(2)32)12-4-11-30-22-7-8-23(30)16-21(15-22)28-36(3,34)35;1-17-4-5-23(16-24(17)26)30(25(32)19-8-12-28(13-9-19)18(2)31)11-3-10-29-21-6-7-22(29)15-20(27)14-21/h5-6,17,20-23,28H,4,7-16H2,1-3H3;4-5,16,19-22H,3,6-15,27H2,1-2H3. The first-order valence-corrected chi connectivity index (χ1v) is 27.9. The van der Waals surface area contributed by atoms with E-state index in [1.165, 1.54) is 19.1 Å². The van der Waals surface area contributed by atoms with Gasteiger partial charge in [-0.3, -0.25) is 29.0 Å². The molecule has 6 aliphatic heterocycles. The topological polar surface area (TPSA) is 160 Å². The summed E-state index contributed by atoms with van der Waals surface area (Å²) in [6.07, 6.45) is 14.4. The molecule has 8 rings (SSSR count). The lowest BCUT2D eigenvalue weighted by Gasteiger charge is -2.39. The maximum atomic E-state index is 13.7. The van der Waals surface area contributed by atoms with Crippen molar-refractivity contribution in [1.82, 2.24) is 24.3 Å².